The van der Waals surface area contributed by atoms with E-state index in [0.717, 1.165) is 44.8 Å². The highest BCUT2D eigenvalue weighted by Crippen LogP contribution is 2.38. The third-order valence-corrected chi connectivity index (χ3v) is 6.09. The third kappa shape index (κ3) is 4.25. The number of urea groups is 1. The number of amides is 2. The first-order chi connectivity index (χ1) is 13.0. The summed E-state index contributed by atoms with van der Waals surface area (Å²) in [5.74, 6) is 1.93. The van der Waals surface area contributed by atoms with Gasteiger partial charge >= 0.3 is 6.03 Å². The molecule has 2 amide bonds. The van der Waals surface area contributed by atoms with Crippen molar-refractivity contribution in [3.63, 3.8) is 0 Å². The minimum Gasteiger partial charge on any atom is -0.338 e. The molecule has 4 rings (SSSR count). The van der Waals surface area contributed by atoms with E-state index in [0.29, 0.717) is 37.5 Å². The number of likely N-dealkylation sites (N-methyl/N-ethyl adjacent to an activating group) is 3. The SMILES string of the molecule is CN1CCN(C)C(CNC(=O)N2CCN(C)C(c3nc(C4CC4)no3)C2)C1. The molecule has 3 heterocycles. The molecule has 9 heteroatoms. The van der Waals surface area contributed by atoms with Crippen molar-refractivity contribution in [2.75, 3.05) is 67.0 Å². The monoisotopic (exact) mass is 377 g/mol. The van der Waals surface area contributed by atoms with Crippen LogP contribution >= 0.6 is 0 Å². The van der Waals surface area contributed by atoms with Crippen molar-refractivity contribution in [2.45, 2.75) is 30.8 Å². The molecule has 1 aromatic heterocycles. The number of nitrogens with one attached hydrogen (secondary N) is 1. The summed E-state index contributed by atoms with van der Waals surface area (Å²) >= 11 is 0. The lowest BCUT2D eigenvalue weighted by molar-refractivity contribution is 0.0862. The second kappa shape index (κ2) is 7.73. The minimum atomic E-state index is -0.0343. The smallest absolute Gasteiger partial charge is 0.317 e. The number of aromatic nitrogens is 2. The Labute approximate surface area is 160 Å². The standard InChI is InChI=1S/C18H31N7O2/c1-22-6-7-23(2)14(11-22)10-19-18(26)25-9-8-24(3)15(12-25)17-20-16(21-27-17)13-4-5-13/h13-15H,4-12H2,1-3H3,(H,19,26). The van der Waals surface area contributed by atoms with Crippen molar-refractivity contribution < 1.29 is 9.32 Å². The van der Waals surface area contributed by atoms with Crippen molar-refractivity contribution >= 4 is 6.03 Å². The van der Waals surface area contributed by atoms with Gasteiger partial charge in [-0.15, -0.1) is 0 Å². The van der Waals surface area contributed by atoms with Crippen LogP contribution in [0.1, 0.15) is 36.5 Å². The van der Waals surface area contributed by atoms with Crippen LogP contribution in [-0.2, 0) is 0 Å². The van der Waals surface area contributed by atoms with E-state index in [4.69, 9.17) is 4.52 Å². The second-order valence-corrected chi connectivity index (χ2v) is 8.29. The van der Waals surface area contributed by atoms with E-state index in [2.05, 4.69) is 44.3 Å². The predicted molar refractivity (Wildman–Crippen MR) is 101 cm³/mol. The number of carbonyl (C=O) groups excluding carboxylic acids is 1. The molecule has 150 valence electrons. The molecule has 1 aromatic rings. The van der Waals surface area contributed by atoms with Crippen molar-refractivity contribution in [3.05, 3.63) is 11.7 Å². The fourth-order valence-corrected chi connectivity index (χ4v) is 3.85. The summed E-state index contributed by atoms with van der Waals surface area (Å²) in [4.78, 5) is 26.0. The first kappa shape index (κ1) is 18.6. The fourth-order valence-electron chi connectivity index (χ4n) is 3.85. The van der Waals surface area contributed by atoms with Gasteiger partial charge in [0, 0.05) is 57.8 Å². The lowest BCUT2D eigenvalue weighted by Gasteiger charge is -2.39. The normalized spacial score (nSPS) is 28.5. The molecule has 1 N–H and O–H groups in total. The van der Waals surface area contributed by atoms with E-state index in [1.165, 1.54) is 0 Å². The van der Waals surface area contributed by atoms with Crippen molar-refractivity contribution in [1.29, 1.82) is 0 Å². The van der Waals surface area contributed by atoms with E-state index < -0.39 is 0 Å². The number of hydrogen-bond acceptors (Lipinski definition) is 7. The van der Waals surface area contributed by atoms with Crippen LogP contribution in [0.2, 0.25) is 0 Å². The highest BCUT2D eigenvalue weighted by Gasteiger charge is 2.35. The first-order valence-corrected chi connectivity index (χ1v) is 9.96. The summed E-state index contributed by atoms with van der Waals surface area (Å²) < 4.78 is 5.51. The average Bonchev–Trinajstić information content (AvgIpc) is 3.40. The molecule has 3 fully saturated rings. The highest BCUT2D eigenvalue weighted by molar-refractivity contribution is 5.74. The maximum atomic E-state index is 12.7. The molecular weight excluding hydrogens is 346 g/mol. The largest absolute Gasteiger partial charge is 0.338 e. The van der Waals surface area contributed by atoms with Gasteiger partial charge in [-0.05, 0) is 34.0 Å². The van der Waals surface area contributed by atoms with Gasteiger partial charge in [0.15, 0.2) is 5.82 Å². The quantitative estimate of drug-likeness (QED) is 0.802. The number of rotatable bonds is 4. The Balaban J connectivity index is 1.33. The van der Waals surface area contributed by atoms with E-state index in [9.17, 15) is 4.79 Å². The molecule has 0 spiro atoms. The van der Waals surface area contributed by atoms with Crippen LogP contribution in [0.3, 0.4) is 0 Å². The van der Waals surface area contributed by atoms with Crippen molar-refractivity contribution in [1.82, 2.24) is 35.1 Å². The Morgan fingerprint density at radius 3 is 2.67 bits per heavy atom. The summed E-state index contributed by atoms with van der Waals surface area (Å²) in [5, 5.41) is 7.26. The van der Waals surface area contributed by atoms with E-state index >= 15 is 0 Å². The molecule has 2 saturated heterocycles. The van der Waals surface area contributed by atoms with Crippen LogP contribution in [0.15, 0.2) is 4.52 Å². The molecule has 2 unspecified atom stereocenters. The molecule has 0 radical (unpaired) electrons. The Morgan fingerprint density at radius 2 is 1.89 bits per heavy atom. The Bertz CT molecular complexity index is 662. The van der Waals surface area contributed by atoms with Gasteiger partial charge in [0.05, 0.1) is 0 Å². The van der Waals surface area contributed by atoms with E-state index in [1.54, 1.807) is 0 Å². The topological polar surface area (TPSA) is 81.0 Å². The molecule has 1 saturated carbocycles. The van der Waals surface area contributed by atoms with Crippen LogP contribution in [0.25, 0.3) is 0 Å². The molecular formula is C18H31N7O2. The van der Waals surface area contributed by atoms with Crippen LogP contribution in [0.5, 0.6) is 0 Å². The Hall–Kier alpha value is -1.71. The van der Waals surface area contributed by atoms with Gasteiger partial charge in [-0.25, -0.2) is 4.79 Å². The van der Waals surface area contributed by atoms with Gasteiger partial charge in [0.1, 0.15) is 6.04 Å². The number of piperazine rings is 2. The van der Waals surface area contributed by atoms with Crippen LogP contribution in [0, 0.1) is 0 Å². The van der Waals surface area contributed by atoms with E-state index in [-0.39, 0.29) is 12.1 Å². The zero-order chi connectivity index (χ0) is 19.0. The van der Waals surface area contributed by atoms with E-state index in [1.807, 2.05) is 11.9 Å². The van der Waals surface area contributed by atoms with Crippen molar-refractivity contribution in [2.24, 2.45) is 0 Å². The first-order valence-electron chi connectivity index (χ1n) is 9.96. The summed E-state index contributed by atoms with van der Waals surface area (Å²) in [6.45, 7) is 5.85. The van der Waals surface area contributed by atoms with Crippen LogP contribution in [-0.4, -0.2) is 109 Å². The lowest BCUT2D eigenvalue weighted by Crippen LogP contribution is -2.57. The van der Waals surface area contributed by atoms with Gasteiger partial charge in [-0.3, -0.25) is 9.80 Å². The number of nitrogens with zero attached hydrogens (tertiary/aromatic N) is 6. The van der Waals surface area contributed by atoms with Gasteiger partial charge in [-0.1, -0.05) is 5.16 Å². The maximum Gasteiger partial charge on any atom is 0.317 e. The number of hydrogen-bond donors (Lipinski definition) is 1. The van der Waals surface area contributed by atoms with Gasteiger partial charge in [0.2, 0.25) is 5.89 Å². The molecule has 1 aliphatic carbocycles. The van der Waals surface area contributed by atoms with Gasteiger partial charge in [0.25, 0.3) is 0 Å². The summed E-state index contributed by atoms with van der Waals surface area (Å²) in [5.41, 5.74) is 0. The molecule has 3 aliphatic rings. The summed E-state index contributed by atoms with van der Waals surface area (Å²) in [7, 11) is 6.31. The van der Waals surface area contributed by atoms with Crippen LogP contribution < -0.4 is 5.32 Å². The Morgan fingerprint density at radius 1 is 1.11 bits per heavy atom. The zero-order valence-electron chi connectivity index (χ0n) is 16.6. The minimum absolute atomic E-state index is 0.00309. The molecule has 27 heavy (non-hydrogen) atoms. The van der Waals surface area contributed by atoms with Crippen molar-refractivity contribution in [3.8, 4) is 0 Å². The zero-order valence-corrected chi connectivity index (χ0v) is 16.6. The molecule has 0 bridgehead atoms. The van der Waals surface area contributed by atoms with Crippen LogP contribution in [0.4, 0.5) is 4.79 Å². The Kier molecular flexibility index (Phi) is 5.34. The molecule has 2 atom stereocenters. The summed E-state index contributed by atoms with van der Waals surface area (Å²) in [6.07, 6.45) is 2.30. The maximum absolute atomic E-state index is 12.7. The summed E-state index contributed by atoms with van der Waals surface area (Å²) in [6, 6.07) is 0.317. The number of carbonyl (C=O) groups is 1. The molecule has 0 aromatic carbocycles. The average molecular weight is 377 g/mol. The molecule has 2 aliphatic heterocycles. The van der Waals surface area contributed by atoms with Gasteiger partial charge in [-0.2, -0.15) is 4.98 Å². The third-order valence-electron chi connectivity index (χ3n) is 6.09. The second-order valence-electron chi connectivity index (χ2n) is 8.29. The molecule has 9 nitrogen and oxygen atoms in total. The highest BCUT2D eigenvalue weighted by atomic mass is 16.5. The fraction of sp³-hybridized carbons (Fsp3) is 0.833. The lowest BCUT2D eigenvalue weighted by atomic mass is 10.1. The predicted octanol–water partition coefficient (Wildman–Crippen LogP) is 0.191. The van der Waals surface area contributed by atoms with Gasteiger partial charge < -0.3 is 19.6 Å².